The summed E-state index contributed by atoms with van der Waals surface area (Å²) in [6.45, 7) is 1.24. The lowest BCUT2D eigenvalue weighted by Crippen LogP contribution is -2.62. The number of piperidine rings is 1. The lowest BCUT2D eigenvalue weighted by atomic mass is 9.52. The number of benzene rings is 4. The first-order chi connectivity index (χ1) is 22.4. The van der Waals surface area contributed by atoms with Crippen molar-refractivity contribution in [2.24, 2.45) is 5.92 Å². The third-order valence-electron chi connectivity index (χ3n) is 10.1. The van der Waals surface area contributed by atoms with Crippen molar-refractivity contribution in [1.29, 1.82) is 0 Å². The number of hydrogen-bond acceptors (Lipinski definition) is 6. The van der Waals surface area contributed by atoms with Crippen LogP contribution in [-0.2, 0) is 29.8 Å². The van der Waals surface area contributed by atoms with Gasteiger partial charge in [-0.15, -0.1) is 0 Å². The minimum absolute atomic E-state index is 0.00359. The van der Waals surface area contributed by atoms with E-state index in [0.29, 0.717) is 42.6 Å². The highest BCUT2D eigenvalue weighted by molar-refractivity contribution is 9.10. The quantitative estimate of drug-likeness (QED) is 0.147. The smallest absolute Gasteiger partial charge is 0.410 e. The van der Waals surface area contributed by atoms with Gasteiger partial charge in [-0.2, -0.15) is 0 Å². The van der Waals surface area contributed by atoms with Crippen LogP contribution in [-0.4, -0.2) is 28.5 Å². The second kappa shape index (κ2) is 12.8. The number of halogens is 1. The van der Waals surface area contributed by atoms with Crippen LogP contribution < -0.4 is 10.1 Å². The summed E-state index contributed by atoms with van der Waals surface area (Å²) in [5.41, 5.74) is 5.31. The lowest BCUT2D eigenvalue weighted by molar-refractivity contribution is -0.383. The van der Waals surface area contributed by atoms with Gasteiger partial charge in [-0.1, -0.05) is 85.6 Å². The average molecular weight is 683 g/mol. The van der Waals surface area contributed by atoms with Gasteiger partial charge < -0.3 is 19.7 Å². The van der Waals surface area contributed by atoms with Crippen LogP contribution in [0.3, 0.4) is 0 Å². The van der Waals surface area contributed by atoms with Crippen molar-refractivity contribution in [3.05, 3.63) is 128 Å². The van der Waals surface area contributed by atoms with E-state index in [4.69, 9.17) is 9.47 Å². The summed E-state index contributed by atoms with van der Waals surface area (Å²) in [7, 11) is 0. The monoisotopic (exact) mass is 681 g/mol. The number of fused-ring (bicyclic) bond motifs is 1. The molecule has 1 N–H and O–H groups in total. The van der Waals surface area contributed by atoms with E-state index in [-0.39, 0.29) is 34.8 Å². The fraction of sp³-hybridized carbons (Fsp3) is 0.324. The molecule has 1 amide bonds. The fourth-order valence-electron chi connectivity index (χ4n) is 7.95. The Morgan fingerprint density at radius 2 is 1.65 bits per heavy atom. The number of anilines is 2. The Hall–Kier alpha value is -4.37. The van der Waals surface area contributed by atoms with Gasteiger partial charge in [0, 0.05) is 28.5 Å². The Labute approximate surface area is 277 Å². The molecule has 1 unspecified atom stereocenters. The fourth-order valence-corrected chi connectivity index (χ4v) is 8.62. The van der Waals surface area contributed by atoms with Crippen LogP contribution in [0.5, 0.6) is 5.75 Å². The number of likely N-dealkylation sites (tertiary alicyclic amines) is 1. The number of nitrogens with zero attached hydrogens (tertiary/aromatic N) is 2. The number of amides is 1. The highest BCUT2D eigenvalue weighted by Crippen LogP contribution is 2.59. The minimum atomic E-state index is -0.381. The number of para-hydroxylation sites is 2. The van der Waals surface area contributed by atoms with Crippen molar-refractivity contribution in [3.8, 4) is 5.75 Å². The Balaban J connectivity index is 1.28. The third-order valence-corrected chi connectivity index (χ3v) is 11.0. The van der Waals surface area contributed by atoms with E-state index in [0.717, 1.165) is 53.3 Å². The van der Waals surface area contributed by atoms with Crippen LogP contribution in [0.4, 0.5) is 21.9 Å². The van der Waals surface area contributed by atoms with Crippen LogP contribution >= 0.6 is 15.9 Å². The highest BCUT2D eigenvalue weighted by atomic mass is 79.9. The number of nitrogens with one attached hydrogen (secondary N) is 1. The predicted octanol–water partition coefficient (Wildman–Crippen LogP) is 9.08. The molecule has 0 radical (unpaired) electrons. The van der Waals surface area contributed by atoms with E-state index in [1.54, 1.807) is 18.2 Å². The molecular formula is C37H36BrN3O5. The second-order valence-electron chi connectivity index (χ2n) is 12.5. The third kappa shape index (κ3) is 5.61. The molecule has 7 rings (SSSR count). The molecule has 1 aliphatic heterocycles. The number of carbonyl (C=O) groups is 1. The van der Waals surface area contributed by atoms with Crippen LogP contribution in [0, 0.1) is 16.0 Å². The number of ether oxygens (including phenoxy) is 2. The Kier molecular flexibility index (Phi) is 8.42. The SMILES string of the molecule is O=C(OCc1ccccc1)N1CC[C@@]23CCCCC2[C@@H]1Cc1c3cc(OCc2ccccc2)c(Nc2ccccc2[N+](=O)[O-])c1Br. The van der Waals surface area contributed by atoms with Crippen molar-refractivity contribution in [2.45, 2.75) is 63.2 Å². The molecule has 1 heterocycles. The van der Waals surface area contributed by atoms with Gasteiger partial charge >= 0.3 is 6.09 Å². The molecule has 4 aromatic rings. The summed E-state index contributed by atoms with van der Waals surface area (Å²) in [5.74, 6) is 0.962. The van der Waals surface area contributed by atoms with Crippen LogP contribution in [0.2, 0.25) is 0 Å². The van der Waals surface area contributed by atoms with Crippen molar-refractivity contribution < 1.29 is 19.2 Å². The Bertz CT molecular complexity index is 1750. The van der Waals surface area contributed by atoms with Gasteiger partial charge in [0.05, 0.1) is 10.6 Å². The molecule has 4 aromatic carbocycles. The van der Waals surface area contributed by atoms with Crippen LogP contribution in [0.1, 0.15) is 54.4 Å². The van der Waals surface area contributed by atoms with Crippen molar-refractivity contribution in [3.63, 3.8) is 0 Å². The Morgan fingerprint density at radius 1 is 0.957 bits per heavy atom. The van der Waals surface area contributed by atoms with Gasteiger partial charge in [-0.3, -0.25) is 10.1 Å². The number of nitro benzene ring substituents is 1. The summed E-state index contributed by atoms with van der Waals surface area (Å²) in [6, 6.07) is 28.6. The number of hydrogen-bond donors (Lipinski definition) is 1. The van der Waals surface area contributed by atoms with Gasteiger partial charge in [0.15, 0.2) is 0 Å². The zero-order valence-corrected chi connectivity index (χ0v) is 27.1. The molecule has 1 saturated heterocycles. The van der Waals surface area contributed by atoms with Crippen molar-refractivity contribution >= 4 is 39.1 Å². The van der Waals surface area contributed by atoms with E-state index < -0.39 is 0 Å². The van der Waals surface area contributed by atoms with E-state index in [1.165, 1.54) is 11.6 Å². The molecule has 2 fully saturated rings. The number of carbonyl (C=O) groups excluding carboxylic acids is 1. The molecule has 1 saturated carbocycles. The normalized spacial score (nSPS) is 21.5. The standard InChI is InChI=1S/C37H36BrN3O5/c38-34-27-21-32-28-15-9-10-18-37(28,19-20-40(32)36(42)46-24-26-13-5-2-6-14-26)29(27)22-33(45-23-25-11-3-1-4-12-25)35(34)39-30-16-7-8-17-31(30)41(43)44/h1-8,11-14,16-17,22,28,32,39H,9-10,15,18-21,23-24H2/t28?,32-,37-/m0/s1. The van der Waals surface area contributed by atoms with E-state index in [2.05, 4.69) is 27.3 Å². The molecule has 0 spiro atoms. The molecule has 8 nitrogen and oxygen atoms in total. The maximum Gasteiger partial charge on any atom is 0.410 e. The summed E-state index contributed by atoms with van der Waals surface area (Å²) < 4.78 is 13.2. The van der Waals surface area contributed by atoms with Crippen LogP contribution in [0.15, 0.2) is 95.5 Å². The van der Waals surface area contributed by atoms with E-state index in [9.17, 15) is 14.9 Å². The predicted molar refractivity (Wildman–Crippen MR) is 180 cm³/mol. The van der Waals surface area contributed by atoms with Gasteiger partial charge in [0.25, 0.3) is 5.69 Å². The topological polar surface area (TPSA) is 93.9 Å². The summed E-state index contributed by atoms with van der Waals surface area (Å²) in [5, 5.41) is 15.3. The van der Waals surface area contributed by atoms with Gasteiger partial charge in [0.2, 0.25) is 0 Å². The number of nitro groups is 1. The number of rotatable bonds is 8. The maximum absolute atomic E-state index is 13.6. The van der Waals surface area contributed by atoms with Crippen molar-refractivity contribution in [1.82, 2.24) is 4.90 Å². The molecular weight excluding hydrogens is 646 g/mol. The summed E-state index contributed by atoms with van der Waals surface area (Å²) in [6.07, 6.45) is 5.62. The first kappa shape index (κ1) is 30.3. The molecule has 3 atom stereocenters. The molecule has 2 bridgehead atoms. The minimum Gasteiger partial charge on any atom is -0.487 e. The molecule has 2 aliphatic carbocycles. The lowest BCUT2D eigenvalue weighted by Gasteiger charge is -2.58. The van der Waals surface area contributed by atoms with E-state index in [1.807, 2.05) is 65.6 Å². The molecule has 3 aliphatic rings. The second-order valence-corrected chi connectivity index (χ2v) is 13.3. The highest BCUT2D eigenvalue weighted by Gasteiger charge is 2.56. The molecule has 236 valence electrons. The Morgan fingerprint density at radius 3 is 2.39 bits per heavy atom. The first-order valence-electron chi connectivity index (χ1n) is 15.9. The van der Waals surface area contributed by atoms with Gasteiger partial charge in [0.1, 0.15) is 24.7 Å². The first-order valence-corrected chi connectivity index (χ1v) is 16.7. The zero-order valence-electron chi connectivity index (χ0n) is 25.5. The molecule has 9 heteroatoms. The van der Waals surface area contributed by atoms with Gasteiger partial charge in [-0.05, 0) is 81.9 Å². The molecule has 0 aromatic heterocycles. The largest absolute Gasteiger partial charge is 0.487 e. The van der Waals surface area contributed by atoms with Crippen molar-refractivity contribution in [2.75, 3.05) is 11.9 Å². The van der Waals surface area contributed by atoms with E-state index >= 15 is 0 Å². The molecule has 46 heavy (non-hydrogen) atoms. The maximum atomic E-state index is 13.6. The van der Waals surface area contributed by atoms with Crippen LogP contribution in [0.25, 0.3) is 0 Å². The zero-order chi connectivity index (χ0) is 31.7. The average Bonchev–Trinajstić information content (AvgIpc) is 3.09. The summed E-state index contributed by atoms with van der Waals surface area (Å²) in [4.78, 5) is 27.1. The summed E-state index contributed by atoms with van der Waals surface area (Å²) >= 11 is 3.96. The van der Waals surface area contributed by atoms with Gasteiger partial charge in [-0.25, -0.2) is 4.79 Å².